The Kier molecular flexibility index (Phi) is 3.60. The molecule has 0 radical (unpaired) electrons. The Hall–Kier alpha value is -2.97. The van der Waals surface area contributed by atoms with Crippen molar-refractivity contribution in [2.45, 2.75) is 6.92 Å². The molecule has 0 amide bonds. The lowest BCUT2D eigenvalue weighted by atomic mass is 10.3. The molecule has 0 saturated heterocycles. The van der Waals surface area contributed by atoms with Gasteiger partial charge in [-0.3, -0.25) is 10.1 Å². The molecule has 0 bridgehead atoms. The molecule has 0 fully saturated rings. The predicted molar refractivity (Wildman–Crippen MR) is 64.7 cm³/mol. The Balaban J connectivity index is 2.34. The fourth-order valence-electron chi connectivity index (χ4n) is 1.41. The summed E-state index contributed by atoms with van der Waals surface area (Å²) >= 11 is 0. The topological polar surface area (TPSA) is 117 Å². The molecular weight excluding hydrogens is 270 g/mol. The molecule has 2 aromatic rings. The molecule has 0 N–H and O–H groups in total. The molecular formula is C11H9N3O6. The van der Waals surface area contributed by atoms with E-state index in [4.69, 9.17) is 4.52 Å². The summed E-state index contributed by atoms with van der Waals surface area (Å²) in [6, 6.07) is 2.49. The SMILES string of the molecule is CCOC(=O)c1cn(-c2ccc([N+](=O)[O-])cn2)oc1=O. The summed E-state index contributed by atoms with van der Waals surface area (Å²) in [6.07, 6.45) is 2.13. The molecule has 0 aromatic carbocycles. The highest BCUT2D eigenvalue weighted by molar-refractivity contribution is 5.88. The molecule has 0 aliphatic heterocycles. The molecule has 2 rings (SSSR count). The van der Waals surface area contributed by atoms with Crippen molar-refractivity contribution in [2.24, 2.45) is 0 Å². The van der Waals surface area contributed by atoms with Crippen molar-refractivity contribution >= 4 is 11.7 Å². The lowest BCUT2D eigenvalue weighted by Crippen LogP contribution is -2.12. The van der Waals surface area contributed by atoms with Crippen molar-refractivity contribution in [1.82, 2.24) is 9.72 Å². The van der Waals surface area contributed by atoms with Gasteiger partial charge in [0.1, 0.15) is 6.20 Å². The second-order valence-corrected chi connectivity index (χ2v) is 3.60. The van der Waals surface area contributed by atoms with E-state index in [1.54, 1.807) is 6.92 Å². The first-order valence-corrected chi connectivity index (χ1v) is 5.54. The van der Waals surface area contributed by atoms with Crippen LogP contribution in [-0.4, -0.2) is 27.2 Å². The predicted octanol–water partition coefficient (Wildman–Crippen LogP) is 0.910. The van der Waals surface area contributed by atoms with E-state index < -0.39 is 16.5 Å². The van der Waals surface area contributed by atoms with Crippen molar-refractivity contribution < 1.29 is 19.0 Å². The lowest BCUT2D eigenvalue weighted by Gasteiger charge is -1.98. The average molecular weight is 279 g/mol. The zero-order valence-corrected chi connectivity index (χ0v) is 10.3. The summed E-state index contributed by atoms with van der Waals surface area (Å²) in [4.78, 5) is 36.6. The Morgan fingerprint density at radius 3 is 2.85 bits per heavy atom. The fraction of sp³-hybridized carbons (Fsp3) is 0.182. The van der Waals surface area contributed by atoms with Crippen molar-refractivity contribution in [3.63, 3.8) is 0 Å². The van der Waals surface area contributed by atoms with Crippen LogP contribution in [0.15, 0.2) is 33.8 Å². The molecule has 2 heterocycles. The summed E-state index contributed by atoms with van der Waals surface area (Å²) in [5.41, 5.74) is -1.34. The van der Waals surface area contributed by atoms with Gasteiger partial charge in [0.05, 0.1) is 17.7 Å². The van der Waals surface area contributed by atoms with Gasteiger partial charge in [0, 0.05) is 6.07 Å². The zero-order chi connectivity index (χ0) is 14.7. The molecule has 9 heteroatoms. The number of carbonyl (C=O) groups is 1. The van der Waals surface area contributed by atoms with Crippen LogP contribution in [0.3, 0.4) is 0 Å². The van der Waals surface area contributed by atoms with E-state index in [0.717, 1.165) is 17.1 Å². The standard InChI is InChI=1S/C11H9N3O6/c1-2-19-10(15)8-6-13(20-11(8)16)9-4-3-7(5-12-9)14(17)18/h3-6H,2H2,1H3. The van der Waals surface area contributed by atoms with Gasteiger partial charge in [0.25, 0.3) is 5.69 Å². The minimum absolute atomic E-state index is 0.124. The average Bonchev–Trinajstić information content (AvgIpc) is 2.81. The molecule has 0 saturated carbocycles. The number of hydrogen-bond donors (Lipinski definition) is 0. The molecule has 0 atom stereocenters. The number of esters is 1. The van der Waals surface area contributed by atoms with Crippen molar-refractivity contribution in [1.29, 1.82) is 0 Å². The maximum absolute atomic E-state index is 11.5. The second kappa shape index (κ2) is 5.34. The Morgan fingerprint density at radius 2 is 2.30 bits per heavy atom. The first-order valence-electron chi connectivity index (χ1n) is 5.54. The monoisotopic (exact) mass is 279 g/mol. The van der Waals surface area contributed by atoms with E-state index in [0.29, 0.717) is 0 Å². The molecule has 20 heavy (non-hydrogen) atoms. The third-order valence-corrected chi connectivity index (χ3v) is 2.31. The summed E-state index contributed by atoms with van der Waals surface area (Å²) < 4.78 is 10.4. The van der Waals surface area contributed by atoms with Crippen molar-refractivity contribution in [3.8, 4) is 5.82 Å². The maximum atomic E-state index is 11.5. The Bertz CT molecular complexity index is 700. The highest BCUT2D eigenvalue weighted by Gasteiger charge is 2.18. The third-order valence-electron chi connectivity index (χ3n) is 2.31. The van der Waals surface area contributed by atoms with Gasteiger partial charge in [-0.15, -0.1) is 0 Å². The molecule has 0 unspecified atom stereocenters. The van der Waals surface area contributed by atoms with Gasteiger partial charge in [-0.05, 0) is 13.0 Å². The molecule has 104 valence electrons. The van der Waals surface area contributed by atoms with Gasteiger partial charge in [0.15, 0.2) is 11.4 Å². The van der Waals surface area contributed by atoms with E-state index in [2.05, 4.69) is 9.72 Å². The van der Waals surface area contributed by atoms with Crippen LogP contribution in [-0.2, 0) is 4.74 Å². The number of hydrogen-bond acceptors (Lipinski definition) is 7. The van der Waals surface area contributed by atoms with Crippen LogP contribution < -0.4 is 5.63 Å². The van der Waals surface area contributed by atoms with Crippen LogP contribution in [0.5, 0.6) is 0 Å². The second-order valence-electron chi connectivity index (χ2n) is 3.60. The van der Waals surface area contributed by atoms with Gasteiger partial charge < -0.3 is 9.26 Å². The van der Waals surface area contributed by atoms with Gasteiger partial charge >= 0.3 is 11.6 Å². The van der Waals surface area contributed by atoms with Gasteiger partial charge in [-0.1, -0.05) is 0 Å². The van der Waals surface area contributed by atoms with Crippen LogP contribution in [0.25, 0.3) is 5.82 Å². The zero-order valence-electron chi connectivity index (χ0n) is 10.3. The first kappa shape index (κ1) is 13.5. The molecule has 2 aromatic heterocycles. The van der Waals surface area contributed by atoms with E-state index >= 15 is 0 Å². The number of nitro groups is 1. The van der Waals surface area contributed by atoms with Crippen LogP contribution in [0.4, 0.5) is 5.69 Å². The van der Waals surface area contributed by atoms with E-state index in [9.17, 15) is 19.7 Å². The fourth-order valence-corrected chi connectivity index (χ4v) is 1.41. The Labute approximate surface area is 111 Å². The summed E-state index contributed by atoms with van der Waals surface area (Å²) in [6.45, 7) is 1.73. The van der Waals surface area contributed by atoms with E-state index in [1.807, 2.05) is 0 Å². The summed E-state index contributed by atoms with van der Waals surface area (Å²) in [5, 5.41) is 10.5. The smallest absolute Gasteiger partial charge is 0.372 e. The van der Waals surface area contributed by atoms with Gasteiger partial charge in [0.2, 0.25) is 0 Å². The number of carbonyl (C=O) groups excluding carboxylic acids is 1. The maximum Gasteiger partial charge on any atom is 0.372 e. The van der Waals surface area contributed by atoms with Crippen molar-refractivity contribution in [3.05, 3.63) is 50.6 Å². The van der Waals surface area contributed by atoms with Gasteiger partial charge in [-0.25, -0.2) is 14.6 Å². The van der Waals surface area contributed by atoms with Crippen molar-refractivity contribution in [2.75, 3.05) is 6.61 Å². The quantitative estimate of drug-likeness (QED) is 0.463. The largest absolute Gasteiger partial charge is 0.462 e. The minimum Gasteiger partial charge on any atom is -0.462 e. The molecule has 9 nitrogen and oxygen atoms in total. The highest BCUT2D eigenvalue weighted by atomic mass is 16.6. The summed E-state index contributed by atoms with van der Waals surface area (Å²) in [5.74, 6) is -0.676. The number of ether oxygens (including phenoxy) is 1. The van der Waals surface area contributed by atoms with E-state index in [1.165, 1.54) is 12.1 Å². The minimum atomic E-state index is -0.872. The van der Waals surface area contributed by atoms with Crippen LogP contribution >= 0.6 is 0 Å². The van der Waals surface area contributed by atoms with Crippen LogP contribution in [0.2, 0.25) is 0 Å². The van der Waals surface area contributed by atoms with E-state index in [-0.39, 0.29) is 23.7 Å². The molecule has 0 spiro atoms. The lowest BCUT2D eigenvalue weighted by molar-refractivity contribution is -0.385. The van der Waals surface area contributed by atoms with Crippen LogP contribution in [0.1, 0.15) is 17.3 Å². The number of pyridine rings is 1. The number of rotatable bonds is 4. The first-order chi connectivity index (χ1) is 9.52. The normalized spacial score (nSPS) is 10.2. The molecule has 0 aliphatic rings. The molecule has 0 aliphatic carbocycles. The number of aromatic nitrogens is 2. The Morgan fingerprint density at radius 1 is 1.55 bits per heavy atom. The highest BCUT2D eigenvalue weighted by Crippen LogP contribution is 2.12. The summed E-state index contributed by atoms with van der Waals surface area (Å²) in [7, 11) is 0. The van der Waals surface area contributed by atoms with Gasteiger partial charge in [-0.2, -0.15) is 4.74 Å². The third kappa shape index (κ3) is 2.55. The van der Waals surface area contributed by atoms with Crippen LogP contribution in [0, 0.1) is 10.1 Å². The number of nitrogens with zero attached hydrogens (tertiary/aromatic N) is 3.